The monoisotopic (exact) mass is 715 g/mol. The molecule has 1 N–H and O–H groups in total. The molecule has 0 radical (unpaired) electrons. The summed E-state index contributed by atoms with van der Waals surface area (Å²) < 4.78 is 15.6. The molecule has 3 saturated carbocycles. The van der Waals surface area contributed by atoms with E-state index in [0.29, 0.717) is 23.9 Å². The predicted octanol–water partition coefficient (Wildman–Crippen LogP) is 13.1. The molecule has 4 rings (SSSR count). The van der Waals surface area contributed by atoms with E-state index in [4.69, 9.17) is 8.85 Å². The van der Waals surface area contributed by atoms with E-state index < -0.39 is 16.6 Å². The van der Waals surface area contributed by atoms with Crippen molar-refractivity contribution in [2.45, 2.75) is 202 Å². The average Bonchev–Trinajstić information content (AvgIpc) is 3.46. The van der Waals surface area contributed by atoms with E-state index in [2.05, 4.69) is 88.3 Å². The number of allylic oxidation sites excluding steroid dienone is 3. The second-order valence-corrected chi connectivity index (χ2v) is 27.8. The highest BCUT2D eigenvalue weighted by atomic mass is 28.4. The number of unbranched alkanes of at least 4 members (excludes halogenated alkanes) is 2. The summed E-state index contributed by atoms with van der Waals surface area (Å²) in [5, 5.41) is 9.69. The van der Waals surface area contributed by atoms with Crippen molar-refractivity contribution in [1.82, 2.24) is 0 Å². The van der Waals surface area contributed by atoms with Crippen LogP contribution < -0.4 is 0 Å². The Morgan fingerprint density at radius 1 is 0.755 bits per heavy atom. The Bertz CT molecular complexity index is 1080. The first-order valence-electron chi connectivity index (χ1n) is 21.7. The van der Waals surface area contributed by atoms with Gasteiger partial charge in [0, 0.05) is 17.9 Å². The molecule has 5 heteroatoms. The normalized spacial score (nSPS) is 33.9. The third-order valence-corrected chi connectivity index (χ3v) is 25.2. The second-order valence-electron chi connectivity index (χ2n) is 18.4. The summed E-state index contributed by atoms with van der Waals surface area (Å²) in [4.78, 5) is 0. The predicted molar refractivity (Wildman–Crippen MR) is 217 cm³/mol. The van der Waals surface area contributed by atoms with Crippen LogP contribution in [-0.2, 0) is 8.85 Å². The maximum atomic E-state index is 9.69. The maximum absolute atomic E-state index is 9.69. The van der Waals surface area contributed by atoms with Gasteiger partial charge < -0.3 is 14.0 Å². The Hall–Kier alpha value is -0.206. The minimum Gasteiger partial charge on any atom is -0.413 e. The van der Waals surface area contributed by atoms with Crippen LogP contribution in [0.1, 0.15) is 153 Å². The van der Waals surface area contributed by atoms with Crippen molar-refractivity contribution in [3.63, 3.8) is 0 Å². The van der Waals surface area contributed by atoms with Gasteiger partial charge in [0.15, 0.2) is 16.6 Å². The zero-order valence-corrected chi connectivity index (χ0v) is 36.5. The van der Waals surface area contributed by atoms with Crippen molar-refractivity contribution in [2.75, 3.05) is 6.61 Å². The van der Waals surface area contributed by atoms with Gasteiger partial charge in [-0.05, 0) is 116 Å². The fraction of sp³-hybridized carbons (Fsp3) is 0.909. The Labute approximate surface area is 307 Å². The van der Waals surface area contributed by atoms with Gasteiger partial charge in [-0.25, -0.2) is 0 Å². The lowest BCUT2D eigenvalue weighted by Gasteiger charge is -2.61. The van der Waals surface area contributed by atoms with Gasteiger partial charge in [-0.15, -0.1) is 0 Å². The lowest BCUT2D eigenvalue weighted by molar-refractivity contribution is -0.0883. The van der Waals surface area contributed by atoms with Crippen LogP contribution in [0, 0.1) is 46.3 Å². The average molecular weight is 715 g/mol. The number of aliphatic hydroxyl groups excluding tert-OH is 1. The molecule has 0 aliphatic heterocycles. The van der Waals surface area contributed by atoms with Crippen molar-refractivity contribution in [2.24, 2.45) is 46.3 Å². The first-order valence-corrected chi connectivity index (χ1v) is 26.8. The van der Waals surface area contributed by atoms with Gasteiger partial charge in [-0.1, -0.05) is 132 Å². The number of rotatable bonds is 20. The van der Waals surface area contributed by atoms with Crippen LogP contribution in [0.5, 0.6) is 0 Å². The van der Waals surface area contributed by atoms with Crippen LogP contribution in [0.3, 0.4) is 0 Å². The van der Waals surface area contributed by atoms with Gasteiger partial charge in [0.1, 0.15) is 0 Å². The first-order chi connectivity index (χ1) is 23.4. The van der Waals surface area contributed by atoms with E-state index in [1.165, 1.54) is 94.1 Å². The molecule has 9 atom stereocenters. The van der Waals surface area contributed by atoms with E-state index in [9.17, 15) is 5.11 Å². The molecule has 284 valence electrons. The minimum atomic E-state index is -1.91. The molecule has 3 fully saturated rings. The number of fused-ring (bicyclic) bond motifs is 5. The van der Waals surface area contributed by atoms with Crippen molar-refractivity contribution < 1.29 is 14.0 Å². The maximum Gasteiger partial charge on any atom is 0.192 e. The van der Waals surface area contributed by atoms with Gasteiger partial charge >= 0.3 is 0 Å². The van der Waals surface area contributed by atoms with Gasteiger partial charge in [0.2, 0.25) is 0 Å². The quantitative estimate of drug-likeness (QED) is 0.101. The van der Waals surface area contributed by atoms with Gasteiger partial charge in [0.25, 0.3) is 0 Å². The molecule has 4 aliphatic carbocycles. The van der Waals surface area contributed by atoms with Gasteiger partial charge in [-0.2, -0.15) is 0 Å². The summed E-state index contributed by atoms with van der Waals surface area (Å²) in [6.45, 7) is 27.5. The van der Waals surface area contributed by atoms with Crippen LogP contribution in [0.2, 0.25) is 36.3 Å². The number of hydrogen-bond donors (Lipinski definition) is 1. The van der Waals surface area contributed by atoms with Crippen LogP contribution in [0.4, 0.5) is 0 Å². The van der Waals surface area contributed by atoms with Crippen molar-refractivity contribution in [3.8, 4) is 0 Å². The molecule has 0 spiro atoms. The minimum absolute atomic E-state index is 0.0422. The summed E-state index contributed by atoms with van der Waals surface area (Å²) in [6, 6.07) is 7.23. The van der Waals surface area contributed by atoms with Crippen molar-refractivity contribution in [3.05, 3.63) is 23.3 Å². The topological polar surface area (TPSA) is 38.7 Å². The van der Waals surface area contributed by atoms with Crippen LogP contribution in [0.15, 0.2) is 23.3 Å². The molecule has 4 aliphatic rings. The lowest BCUT2D eigenvalue weighted by Crippen LogP contribution is -2.61. The molecule has 0 bridgehead atoms. The lowest BCUT2D eigenvalue weighted by atomic mass is 9.48. The molecule has 49 heavy (non-hydrogen) atoms. The van der Waals surface area contributed by atoms with E-state index in [1.54, 1.807) is 11.1 Å². The van der Waals surface area contributed by atoms with Crippen LogP contribution in [0.25, 0.3) is 0 Å². The molecule has 0 aromatic heterocycles. The summed E-state index contributed by atoms with van der Waals surface area (Å²) in [5.74, 6) is 4.25. The largest absolute Gasteiger partial charge is 0.413 e. The third kappa shape index (κ3) is 8.31. The van der Waals surface area contributed by atoms with Crippen LogP contribution in [-0.4, -0.2) is 40.6 Å². The fourth-order valence-electron chi connectivity index (χ4n) is 12.1. The Morgan fingerprint density at radius 3 is 1.98 bits per heavy atom. The molecular weight excluding hydrogens is 633 g/mol. The van der Waals surface area contributed by atoms with E-state index in [0.717, 1.165) is 42.9 Å². The molecule has 0 unspecified atom stereocenters. The second kappa shape index (κ2) is 17.7. The fourth-order valence-corrected chi connectivity index (χ4v) is 18.0. The summed E-state index contributed by atoms with van der Waals surface area (Å²) in [7, 11) is -3.73. The number of hydrogen-bond acceptors (Lipinski definition) is 3. The molecule has 3 nitrogen and oxygen atoms in total. The standard InChI is InChI=1S/C44H82O3Si2/c1-12-48(13-2,14-3)46-41-32-35-25-26-36-39-28-27-38(34(9)23-21-22-33(7)8)43(39,10)30-29-40(36)44(35,11)42(37(41)24-19-18-20-31-45)47-49(15-4,16-5)17-6/h25-26,33-34,37-42,45H,12-24,27-32H2,1-11H3/t34-,37-,38-,39+,40+,41-,42+,43-,44+/m1/s1. The summed E-state index contributed by atoms with van der Waals surface area (Å²) in [6.07, 6.45) is 20.9. The zero-order chi connectivity index (χ0) is 36.0. The van der Waals surface area contributed by atoms with Crippen molar-refractivity contribution >= 4 is 16.6 Å². The third-order valence-electron chi connectivity index (χ3n) is 15.9. The molecule has 0 saturated heterocycles. The zero-order valence-electron chi connectivity index (χ0n) is 34.5. The molecular formula is C44H82O3Si2. The Kier molecular flexibility index (Phi) is 15.0. The Morgan fingerprint density at radius 2 is 1.39 bits per heavy atom. The number of aliphatic hydroxyl groups is 1. The summed E-state index contributed by atoms with van der Waals surface area (Å²) >= 11 is 0. The summed E-state index contributed by atoms with van der Waals surface area (Å²) in [5.41, 5.74) is 3.94. The van der Waals surface area contributed by atoms with E-state index in [-0.39, 0.29) is 17.6 Å². The van der Waals surface area contributed by atoms with Crippen LogP contribution >= 0.6 is 0 Å². The first kappa shape index (κ1) is 41.5. The highest BCUT2D eigenvalue weighted by Gasteiger charge is 2.62. The Balaban J connectivity index is 1.76. The van der Waals surface area contributed by atoms with Crippen molar-refractivity contribution in [1.29, 1.82) is 0 Å². The van der Waals surface area contributed by atoms with Gasteiger partial charge in [0.05, 0.1) is 12.2 Å². The van der Waals surface area contributed by atoms with E-state index >= 15 is 0 Å². The smallest absolute Gasteiger partial charge is 0.192 e. The van der Waals surface area contributed by atoms with Gasteiger partial charge in [-0.3, -0.25) is 0 Å². The molecule has 0 heterocycles. The molecule has 0 aromatic carbocycles. The highest BCUT2D eigenvalue weighted by molar-refractivity contribution is 6.74. The molecule has 0 aromatic rings. The van der Waals surface area contributed by atoms with E-state index in [1.807, 2.05) is 0 Å². The molecule has 0 amide bonds. The highest BCUT2D eigenvalue weighted by Crippen LogP contribution is 2.67. The SMILES string of the molecule is CC[Si](CC)(CC)O[C@@H]1CC2=CC=C3[C@@H]4CC[C@H]([C@H](C)CCCC(C)C)[C@@]4(C)CC[C@@H]3[C@@]2(C)[C@@H](O[Si](CC)(CC)CC)[C@@H]1CCCCCO.